The molecule has 1 aliphatic rings. The highest BCUT2D eigenvalue weighted by Gasteiger charge is 2.60. The Bertz CT molecular complexity index is 595. The topological polar surface area (TPSA) is 46.7 Å². The first-order chi connectivity index (χ1) is 9.00. The minimum Gasteiger partial charge on any atom is -0.335 e. The second-order valence-corrected chi connectivity index (χ2v) is 6.81. The van der Waals surface area contributed by atoms with Gasteiger partial charge in [-0.2, -0.15) is 0 Å². The van der Waals surface area contributed by atoms with Gasteiger partial charge in [0.05, 0.1) is 4.90 Å². The molecule has 0 aromatic heterocycles. The molecule has 0 aliphatic carbocycles. The molecule has 1 saturated heterocycles. The van der Waals surface area contributed by atoms with Crippen LogP contribution in [0.2, 0.25) is 0 Å². The van der Waals surface area contributed by atoms with Crippen molar-refractivity contribution in [2.75, 3.05) is 0 Å². The Kier molecular flexibility index (Phi) is 3.98. The SMILES string of the molecule is CCCCC#C[C@]1(C)O[C@@H]1S(=O)(=O)c1ccccc1. The third-order valence-electron chi connectivity index (χ3n) is 3.09. The van der Waals surface area contributed by atoms with Crippen molar-refractivity contribution in [3.05, 3.63) is 30.3 Å². The fourth-order valence-electron chi connectivity index (χ4n) is 1.87. The summed E-state index contributed by atoms with van der Waals surface area (Å²) in [5.74, 6) is 5.95. The average molecular weight is 278 g/mol. The fourth-order valence-corrected chi connectivity index (χ4v) is 3.63. The van der Waals surface area contributed by atoms with Crippen LogP contribution in [0, 0.1) is 11.8 Å². The Balaban J connectivity index is 2.11. The summed E-state index contributed by atoms with van der Waals surface area (Å²) in [5, 5.41) is 0. The van der Waals surface area contributed by atoms with Gasteiger partial charge in [0, 0.05) is 6.42 Å². The van der Waals surface area contributed by atoms with Crippen LogP contribution in [0.25, 0.3) is 0 Å². The summed E-state index contributed by atoms with van der Waals surface area (Å²) in [6.45, 7) is 3.83. The Labute approximate surface area is 114 Å². The van der Waals surface area contributed by atoms with Crippen LogP contribution in [0.3, 0.4) is 0 Å². The monoisotopic (exact) mass is 278 g/mol. The first kappa shape index (κ1) is 14.1. The number of sulfone groups is 1. The zero-order chi connectivity index (χ0) is 13.9. The Morgan fingerprint density at radius 2 is 2.00 bits per heavy atom. The molecule has 0 unspecified atom stereocenters. The van der Waals surface area contributed by atoms with Gasteiger partial charge in [-0.05, 0) is 25.5 Å². The number of ether oxygens (including phenoxy) is 1. The molecule has 0 N–H and O–H groups in total. The van der Waals surface area contributed by atoms with E-state index >= 15 is 0 Å². The lowest BCUT2D eigenvalue weighted by Crippen LogP contribution is -2.17. The summed E-state index contributed by atoms with van der Waals surface area (Å²) >= 11 is 0. The van der Waals surface area contributed by atoms with Gasteiger partial charge >= 0.3 is 0 Å². The van der Waals surface area contributed by atoms with Gasteiger partial charge in [-0.1, -0.05) is 37.5 Å². The van der Waals surface area contributed by atoms with E-state index in [1.165, 1.54) is 0 Å². The van der Waals surface area contributed by atoms with Gasteiger partial charge < -0.3 is 4.74 Å². The molecule has 0 spiro atoms. The maximum absolute atomic E-state index is 12.3. The van der Waals surface area contributed by atoms with Gasteiger partial charge in [0.25, 0.3) is 0 Å². The van der Waals surface area contributed by atoms with Gasteiger partial charge in [0.2, 0.25) is 15.3 Å². The first-order valence-corrected chi connectivity index (χ1v) is 8.02. The Morgan fingerprint density at radius 1 is 1.32 bits per heavy atom. The lowest BCUT2D eigenvalue weighted by molar-refractivity contribution is 0.367. The Morgan fingerprint density at radius 3 is 2.63 bits per heavy atom. The van der Waals surface area contributed by atoms with Gasteiger partial charge in [0.1, 0.15) is 0 Å². The first-order valence-electron chi connectivity index (χ1n) is 6.47. The molecule has 0 saturated carbocycles. The van der Waals surface area contributed by atoms with Crippen molar-refractivity contribution in [3.63, 3.8) is 0 Å². The van der Waals surface area contributed by atoms with Crippen LogP contribution in [0.1, 0.15) is 33.1 Å². The molecule has 2 atom stereocenters. The maximum Gasteiger partial charge on any atom is 0.209 e. The van der Waals surface area contributed by atoms with Crippen molar-refractivity contribution in [1.29, 1.82) is 0 Å². The van der Waals surface area contributed by atoms with Crippen LogP contribution in [0.4, 0.5) is 0 Å². The smallest absolute Gasteiger partial charge is 0.209 e. The van der Waals surface area contributed by atoms with E-state index in [0.29, 0.717) is 4.90 Å². The Hall–Kier alpha value is -1.31. The van der Waals surface area contributed by atoms with Crippen LogP contribution in [0.5, 0.6) is 0 Å². The molecule has 0 amide bonds. The lowest BCUT2D eigenvalue weighted by atomic mass is 10.2. The van der Waals surface area contributed by atoms with E-state index in [9.17, 15) is 8.42 Å². The van der Waals surface area contributed by atoms with Gasteiger partial charge in [-0.15, -0.1) is 5.92 Å². The predicted octanol–water partition coefficient (Wildman–Crippen LogP) is 2.77. The molecule has 0 radical (unpaired) electrons. The van der Waals surface area contributed by atoms with Crippen molar-refractivity contribution in [2.45, 2.75) is 49.0 Å². The summed E-state index contributed by atoms with van der Waals surface area (Å²) in [5.41, 5.74) is -1.68. The number of hydrogen-bond acceptors (Lipinski definition) is 3. The zero-order valence-corrected chi connectivity index (χ0v) is 12.0. The molecule has 102 valence electrons. The summed E-state index contributed by atoms with van der Waals surface area (Å²) in [7, 11) is -3.44. The van der Waals surface area contributed by atoms with Gasteiger partial charge in [-0.25, -0.2) is 8.42 Å². The van der Waals surface area contributed by atoms with Crippen molar-refractivity contribution in [1.82, 2.24) is 0 Å². The highest BCUT2D eigenvalue weighted by Crippen LogP contribution is 2.42. The van der Waals surface area contributed by atoms with Crippen molar-refractivity contribution >= 4 is 9.84 Å². The highest BCUT2D eigenvalue weighted by molar-refractivity contribution is 7.92. The summed E-state index contributed by atoms with van der Waals surface area (Å²) in [6.07, 6.45) is 2.89. The molecule has 1 heterocycles. The minimum atomic E-state index is -3.44. The molecule has 0 bridgehead atoms. The number of hydrogen-bond donors (Lipinski definition) is 0. The van der Waals surface area contributed by atoms with Crippen LogP contribution in [-0.2, 0) is 14.6 Å². The van der Waals surface area contributed by atoms with Crippen LogP contribution in [0.15, 0.2) is 35.2 Å². The fraction of sp³-hybridized carbons (Fsp3) is 0.467. The van der Waals surface area contributed by atoms with Crippen molar-refractivity contribution in [3.8, 4) is 11.8 Å². The van der Waals surface area contributed by atoms with E-state index in [0.717, 1.165) is 19.3 Å². The van der Waals surface area contributed by atoms with Crippen LogP contribution < -0.4 is 0 Å². The third kappa shape index (κ3) is 2.99. The number of benzene rings is 1. The average Bonchev–Trinajstić information content (AvgIpc) is 3.09. The van der Waals surface area contributed by atoms with E-state index in [1.807, 2.05) is 0 Å². The molecule has 1 aliphatic heterocycles. The van der Waals surface area contributed by atoms with Crippen LogP contribution in [-0.4, -0.2) is 19.5 Å². The quantitative estimate of drug-likeness (QED) is 0.483. The van der Waals surface area contributed by atoms with E-state index < -0.39 is 20.9 Å². The summed E-state index contributed by atoms with van der Waals surface area (Å²) < 4.78 is 30.0. The molecule has 3 nitrogen and oxygen atoms in total. The summed E-state index contributed by atoms with van der Waals surface area (Å²) in [4.78, 5) is 0.291. The molecule has 4 heteroatoms. The lowest BCUT2D eigenvalue weighted by Gasteiger charge is -2.01. The van der Waals surface area contributed by atoms with Crippen molar-refractivity contribution < 1.29 is 13.2 Å². The predicted molar refractivity (Wildman–Crippen MR) is 74.2 cm³/mol. The van der Waals surface area contributed by atoms with E-state index in [1.54, 1.807) is 37.3 Å². The summed E-state index contributed by atoms with van der Waals surface area (Å²) in [6, 6.07) is 8.37. The van der Waals surface area contributed by atoms with Crippen molar-refractivity contribution in [2.24, 2.45) is 0 Å². The number of rotatable bonds is 4. The van der Waals surface area contributed by atoms with Gasteiger partial charge in [-0.3, -0.25) is 0 Å². The second-order valence-electron chi connectivity index (χ2n) is 4.82. The van der Waals surface area contributed by atoms with Gasteiger partial charge in [0.15, 0.2) is 5.60 Å². The number of epoxide rings is 1. The molecule has 1 aromatic carbocycles. The molecular formula is C15H18O3S. The van der Waals surface area contributed by atoms with E-state index in [4.69, 9.17) is 4.74 Å². The van der Waals surface area contributed by atoms with Crippen LogP contribution >= 0.6 is 0 Å². The molecule has 1 aromatic rings. The third-order valence-corrected chi connectivity index (χ3v) is 5.13. The largest absolute Gasteiger partial charge is 0.335 e. The number of unbranched alkanes of at least 4 members (excludes halogenated alkanes) is 2. The zero-order valence-electron chi connectivity index (χ0n) is 11.2. The van der Waals surface area contributed by atoms with E-state index in [2.05, 4.69) is 18.8 Å². The molecular weight excluding hydrogens is 260 g/mol. The highest BCUT2D eigenvalue weighted by atomic mass is 32.2. The second kappa shape index (κ2) is 5.36. The standard InChI is InChI=1S/C15H18O3S/c1-3-4-5-9-12-15(2)14(18-15)19(16,17)13-10-7-6-8-11-13/h6-8,10-11,14H,3-5H2,1-2H3/t14-,15+/m1/s1. The van der Waals surface area contributed by atoms with E-state index in [-0.39, 0.29) is 0 Å². The molecule has 19 heavy (non-hydrogen) atoms. The maximum atomic E-state index is 12.3. The molecule has 1 fully saturated rings. The normalized spacial score (nSPS) is 25.5. The minimum absolute atomic E-state index is 0.291. The molecule has 2 rings (SSSR count).